The highest BCUT2D eigenvalue weighted by molar-refractivity contribution is 5.82. The van der Waals surface area contributed by atoms with Gasteiger partial charge in [-0.25, -0.2) is 0 Å². The van der Waals surface area contributed by atoms with E-state index in [1.54, 1.807) is 13.1 Å². The molecule has 0 saturated carbocycles. The minimum absolute atomic E-state index is 0.000497. The van der Waals surface area contributed by atoms with Gasteiger partial charge in [-0.2, -0.15) is 0 Å². The molecule has 1 atom stereocenters. The Hall–Kier alpha value is -2.66. The van der Waals surface area contributed by atoms with E-state index in [1.165, 1.54) is 10.9 Å². The second kappa shape index (κ2) is 8.78. The molecule has 3 heterocycles. The maximum absolute atomic E-state index is 11.8. The van der Waals surface area contributed by atoms with Crippen molar-refractivity contribution in [2.45, 2.75) is 45.7 Å². The van der Waals surface area contributed by atoms with Crippen LogP contribution >= 0.6 is 0 Å². The maximum Gasteiger partial charge on any atom is 0.217 e. The van der Waals surface area contributed by atoms with Crippen LogP contribution in [-0.2, 0) is 17.8 Å². The van der Waals surface area contributed by atoms with Gasteiger partial charge in [0.25, 0.3) is 0 Å². The van der Waals surface area contributed by atoms with Gasteiger partial charge in [0.1, 0.15) is 11.3 Å². The molecule has 1 fully saturated rings. The molecular weight excluding hydrogens is 362 g/mol. The molecule has 1 unspecified atom stereocenters. The molecule has 0 aliphatic carbocycles. The Morgan fingerprint density at radius 3 is 2.66 bits per heavy atom. The lowest BCUT2D eigenvalue weighted by atomic mass is 9.87. The lowest BCUT2D eigenvalue weighted by Gasteiger charge is -2.36. The van der Waals surface area contributed by atoms with Gasteiger partial charge in [0.2, 0.25) is 5.91 Å². The first-order valence-electron chi connectivity index (χ1n) is 10.6. The van der Waals surface area contributed by atoms with Crippen molar-refractivity contribution in [1.82, 2.24) is 15.2 Å². The van der Waals surface area contributed by atoms with Crippen LogP contribution in [-0.4, -0.2) is 28.9 Å². The largest absolute Gasteiger partial charge is 0.461 e. The standard InChI is InChI=1S/C24H29N3O2/c1-3-22-20(19-8-4-5-10-23(19)29-22)16-27-14-11-18(12-15-27)24(26-17(2)28)21-9-6-7-13-25-21/h4-10,13,18,24H,3,11-12,14-16H2,1-2H3,(H,26,28). The van der Waals surface area contributed by atoms with E-state index in [9.17, 15) is 4.79 Å². The van der Waals surface area contributed by atoms with Gasteiger partial charge in [0, 0.05) is 37.0 Å². The summed E-state index contributed by atoms with van der Waals surface area (Å²) < 4.78 is 6.07. The van der Waals surface area contributed by atoms with Crippen molar-refractivity contribution < 1.29 is 9.21 Å². The van der Waals surface area contributed by atoms with E-state index in [2.05, 4.69) is 40.3 Å². The highest BCUT2D eigenvalue weighted by Crippen LogP contribution is 2.32. The number of nitrogens with one attached hydrogen (secondary N) is 1. The van der Waals surface area contributed by atoms with Crippen LogP contribution in [0, 0.1) is 5.92 Å². The Bertz CT molecular complexity index is 959. The summed E-state index contributed by atoms with van der Waals surface area (Å²) in [5.74, 6) is 1.50. The van der Waals surface area contributed by atoms with E-state index in [1.807, 2.05) is 24.3 Å². The van der Waals surface area contributed by atoms with Gasteiger partial charge >= 0.3 is 0 Å². The third-order valence-electron chi connectivity index (χ3n) is 5.95. The van der Waals surface area contributed by atoms with Gasteiger partial charge in [-0.15, -0.1) is 0 Å². The number of pyridine rings is 1. The fourth-order valence-electron chi connectivity index (χ4n) is 4.49. The monoisotopic (exact) mass is 391 g/mol. The fraction of sp³-hybridized carbons (Fsp3) is 0.417. The molecule has 1 amide bonds. The van der Waals surface area contributed by atoms with Crippen molar-refractivity contribution in [3.05, 3.63) is 65.7 Å². The van der Waals surface area contributed by atoms with E-state index in [0.29, 0.717) is 5.92 Å². The Labute approximate surface area is 172 Å². The number of amides is 1. The molecule has 1 aliphatic heterocycles. The zero-order chi connectivity index (χ0) is 20.2. The molecule has 0 radical (unpaired) electrons. The van der Waals surface area contributed by atoms with E-state index < -0.39 is 0 Å². The molecule has 1 N–H and O–H groups in total. The summed E-state index contributed by atoms with van der Waals surface area (Å²) in [7, 11) is 0. The Balaban J connectivity index is 1.46. The SMILES string of the molecule is CCc1oc2ccccc2c1CN1CCC(C(NC(C)=O)c2ccccn2)CC1. The number of aromatic nitrogens is 1. The highest BCUT2D eigenvalue weighted by atomic mass is 16.3. The molecule has 1 aromatic carbocycles. The highest BCUT2D eigenvalue weighted by Gasteiger charge is 2.29. The van der Waals surface area contributed by atoms with Crippen LogP contribution in [0.15, 0.2) is 53.1 Å². The third-order valence-corrected chi connectivity index (χ3v) is 5.95. The second-order valence-electron chi connectivity index (χ2n) is 7.90. The summed E-state index contributed by atoms with van der Waals surface area (Å²) in [6, 6.07) is 14.2. The lowest BCUT2D eigenvalue weighted by molar-refractivity contribution is -0.120. The number of para-hydroxylation sites is 1. The van der Waals surface area contributed by atoms with Gasteiger partial charge in [-0.05, 0) is 50.0 Å². The summed E-state index contributed by atoms with van der Waals surface area (Å²) in [5, 5.41) is 4.37. The number of hydrogen-bond donors (Lipinski definition) is 1. The molecule has 1 saturated heterocycles. The van der Waals surface area contributed by atoms with Gasteiger partial charge in [0.15, 0.2) is 0 Å². The normalized spacial score (nSPS) is 16.8. The predicted octanol–water partition coefficient (Wildman–Crippen LogP) is 4.48. The van der Waals surface area contributed by atoms with Crippen molar-refractivity contribution >= 4 is 16.9 Å². The van der Waals surface area contributed by atoms with E-state index in [-0.39, 0.29) is 11.9 Å². The molecule has 152 valence electrons. The van der Waals surface area contributed by atoms with Gasteiger partial charge < -0.3 is 9.73 Å². The summed E-state index contributed by atoms with van der Waals surface area (Å²) in [6.07, 6.45) is 4.79. The number of fused-ring (bicyclic) bond motifs is 1. The number of hydrogen-bond acceptors (Lipinski definition) is 4. The zero-order valence-corrected chi connectivity index (χ0v) is 17.2. The number of nitrogens with zero attached hydrogens (tertiary/aromatic N) is 2. The number of aryl methyl sites for hydroxylation is 1. The van der Waals surface area contributed by atoms with E-state index in [0.717, 1.165) is 55.9 Å². The average molecular weight is 392 g/mol. The molecule has 29 heavy (non-hydrogen) atoms. The van der Waals surface area contributed by atoms with Crippen molar-refractivity contribution in [1.29, 1.82) is 0 Å². The zero-order valence-electron chi connectivity index (χ0n) is 17.2. The summed E-state index contributed by atoms with van der Waals surface area (Å²) >= 11 is 0. The first-order chi connectivity index (χ1) is 14.2. The molecule has 2 aromatic heterocycles. The van der Waals surface area contributed by atoms with Gasteiger partial charge in [-0.3, -0.25) is 14.7 Å². The van der Waals surface area contributed by atoms with Crippen LogP contribution < -0.4 is 5.32 Å². The van der Waals surface area contributed by atoms with Crippen LogP contribution in [0.3, 0.4) is 0 Å². The van der Waals surface area contributed by atoms with Crippen LogP contribution in [0.25, 0.3) is 11.0 Å². The smallest absolute Gasteiger partial charge is 0.217 e. The minimum atomic E-state index is -0.0168. The van der Waals surface area contributed by atoms with Crippen LogP contribution in [0.5, 0.6) is 0 Å². The molecule has 4 rings (SSSR count). The average Bonchev–Trinajstić information content (AvgIpc) is 3.11. The molecule has 1 aliphatic rings. The minimum Gasteiger partial charge on any atom is -0.461 e. The first kappa shape index (κ1) is 19.6. The van der Waals surface area contributed by atoms with E-state index >= 15 is 0 Å². The van der Waals surface area contributed by atoms with Crippen LogP contribution in [0.2, 0.25) is 0 Å². The number of piperidine rings is 1. The number of carbonyl (C=O) groups excluding carboxylic acids is 1. The van der Waals surface area contributed by atoms with Crippen molar-refractivity contribution in [2.24, 2.45) is 5.92 Å². The molecular formula is C24H29N3O2. The van der Waals surface area contributed by atoms with Crippen LogP contribution in [0.1, 0.15) is 49.7 Å². The Morgan fingerprint density at radius 2 is 1.97 bits per heavy atom. The fourth-order valence-corrected chi connectivity index (χ4v) is 4.49. The third kappa shape index (κ3) is 4.35. The van der Waals surface area contributed by atoms with E-state index in [4.69, 9.17) is 4.42 Å². The Kier molecular flexibility index (Phi) is 5.95. The maximum atomic E-state index is 11.8. The molecule has 0 bridgehead atoms. The number of furan rings is 1. The Morgan fingerprint density at radius 1 is 1.21 bits per heavy atom. The molecule has 0 spiro atoms. The summed E-state index contributed by atoms with van der Waals surface area (Å²) in [5.41, 5.74) is 3.26. The first-order valence-corrected chi connectivity index (χ1v) is 10.6. The molecule has 5 heteroatoms. The van der Waals surface area contributed by atoms with Crippen molar-refractivity contribution in [3.8, 4) is 0 Å². The second-order valence-corrected chi connectivity index (χ2v) is 7.90. The number of carbonyl (C=O) groups is 1. The van der Waals surface area contributed by atoms with Crippen molar-refractivity contribution in [2.75, 3.05) is 13.1 Å². The number of benzene rings is 1. The summed E-state index contributed by atoms with van der Waals surface area (Å²) in [6.45, 7) is 6.67. The lowest BCUT2D eigenvalue weighted by Crippen LogP contribution is -2.40. The quantitative estimate of drug-likeness (QED) is 0.673. The summed E-state index contributed by atoms with van der Waals surface area (Å²) in [4.78, 5) is 18.8. The number of likely N-dealkylation sites (tertiary alicyclic amines) is 1. The van der Waals surface area contributed by atoms with Gasteiger partial charge in [0.05, 0.1) is 11.7 Å². The van der Waals surface area contributed by atoms with Crippen molar-refractivity contribution in [3.63, 3.8) is 0 Å². The van der Waals surface area contributed by atoms with Crippen LogP contribution in [0.4, 0.5) is 0 Å². The predicted molar refractivity (Wildman–Crippen MR) is 114 cm³/mol. The van der Waals surface area contributed by atoms with Gasteiger partial charge in [-0.1, -0.05) is 31.2 Å². The topological polar surface area (TPSA) is 58.4 Å². The molecule has 5 nitrogen and oxygen atoms in total. The number of rotatable bonds is 6. The molecule has 3 aromatic rings.